The minimum absolute atomic E-state index is 0.309. The smallest absolute Gasteiger partial charge is 0.223 e. The van der Waals surface area contributed by atoms with Crippen LogP contribution in [0.15, 0.2) is 28.9 Å². The van der Waals surface area contributed by atoms with Gasteiger partial charge in [0.1, 0.15) is 17.1 Å². The Balaban J connectivity index is 1.38. The fraction of sp³-hybridized carbons (Fsp3) is 0.450. The Bertz CT molecular complexity index is 1110. The molecule has 0 spiro atoms. The summed E-state index contributed by atoms with van der Waals surface area (Å²) in [7, 11) is -2.49. The molecule has 0 radical (unpaired) electrons. The van der Waals surface area contributed by atoms with Gasteiger partial charge in [-0.15, -0.1) is 5.10 Å². The van der Waals surface area contributed by atoms with E-state index in [0.29, 0.717) is 64.2 Å². The maximum atomic E-state index is 13.9. The molecule has 1 aliphatic carbocycles. The first-order chi connectivity index (χ1) is 14.9. The van der Waals surface area contributed by atoms with Crippen LogP contribution < -0.4 is 4.74 Å². The van der Waals surface area contributed by atoms with Gasteiger partial charge in [-0.3, -0.25) is 14.0 Å². The van der Waals surface area contributed by atoms with Crippen LogP contribution in [0.1, 0.15) is 18.4 Å². The van der Waals surface area contributed by atoms with Crippen molar-refractivity contribution in [2.75, 3.05) is 24.6 Å². The molecule has 2 aliphatic rings. The maximum absolute atomic E-state index is 13.9. The summed E-state index contributed by atoms with van der Waals surface area (Å²) in [5, 5.41) is 8.57. The fourth-order valence-electron chi connectivity index (χ4n) is 3.69. The third-order valence-corrected chi connectivity index (χ3v) is 8.12. The molecule has 0 amide bonds. The average molecular weight is 512 g/mol. The predicted molar refractivity (Wildman–Crippen MR) is 120 cm³/mol. The molecule has 0 bridgehead atoms. The fourth-order valence-corrected chi connectivity index (χ4v) is 5.49. The lowest BCUT2D eigenvalue weighted by Crippen LogP contribution is -2.37. The van der Waals surface area contributed by atoms with Crippen molar-refractivity contribution in [3.8, 4) is 11.6 Å². The highest BCUT2D eigenvalue weighted by atomic mass is 79.9. The van der Waals surface area contributed by atoms with Gasteiger partial charge in [0, 0.05) is 31.7 Å². The van der Waals surface area contributed by atoms with Crippen molar-refractivity contribution in [1.29, 1.82) is 0 Å². The van der Waals surface area contributed by atoms with Gasteiger partial charge in [0.05, 0.1) is 27.7 Å². The number of pyridine rings is 1. The van der Waals surface area contributed by atoms with E-state index in [1.165, 1.54) is 18.9 Å². The molecule has 31 heavy (non-hydrogen) atoms. The van der Waals surface area contributed by atoms with Crippen molar-refractivity contribution < 1.29 is 18.2 Å². The monoisotopic (exact) mass is 511 g/mol. The first-order valence-electron chi connectivity index (χ1n) is 10.2. The largest absolute Gasteiger partial charge is 0.437 e. The molecule has 1 aromatic carbocycles. The second-order valence-electron chi connectivity index (χ2n) is 8.17. The van der Waals surface area contributed by atoms with E-state index in [4.69, 9.17) is 4.74 Å². The lowest BCUT2D eigenvalue weighted by atomic mass is 10.2. The molecule has 5 rings (SSSR count). The maximum Gasteiger partial charge on any atom is 0.223 e. The van der Waals surface area contributed by atoms with Crippen LogP contribution in [0.4, 0.5) is 4.39 Å². The molecule has 3 heterocycles. The number of rotatable bonds is 6. The summed E-state index contributed by atoms with van der Waals surface area (Å²) >= 11 is 3.58. The van der Waals surface area contributed by atoms with E-state index in [-0.39, 0.29) is 0 Å². The van der Waals surface area contributed by atoms with Crippen molar-refractivity contribution in [3.63, 3.8) is 0 Å². The lowest BCUT2D eigenvalue weighted by molar-refractivity contribution is 0.273. The molecule has 1 saturated heterocycles. The van der Waals surface area contributed by atoms with Gasteiger partial charge in [0.25, 0.3) is 0 Å². The summed E-state index contributed by atoms with van der Waals surface area (Å²) in [6.45, 7) is 2.33. The van der Waals surface area contributed by atoms with E-state index in [0.717, 1.165) is 18.3 Å². The first-order valence-corrected chi connectivity index (χ1v) is 12.9. The highest BCUT2D eigenvalue weighted by Crippen LogP contribution is 2.41. The van der Waals surface area contributed by atoms with Crippen molar-refractivity contribution in [3.05, 3.63) is 40.2 Å². The van der Waals surface area contributed by atoms with Crippen molar-refractivity contribution in [2.45, 2.75) is 25.9 Å². The van der Waals surface area contributed by atoms with Crippen molar-refractivity contribution >= 4 is 37.6 Å². The standard InChI is InChI=1S/C20H23BrFN5O3S/c21-18-17(4-3-16-19(18)24-25-27(16)11-13-1-2-13)30-20-14(9-15(22)10-23-20)12-26-5-7-31(28,29)8-6-26/h3-4,9-10,13,28-29H,1-2,5-8,11-12H2. The molecule has 166 valence electrons. The second-order valence-corrected chi connectivity index (χ2v) is 11.4. The Kier molecular flexibility index (Phi) is 5.63. The zero-order chi connectivity index (χ0) is 21.6. The quantitative estimate of drug-likeness (QED) is 0.502. The zero-order valence-electron chi connectivity index (χ0n) is 16.7. The average Bonchev–Trinajstić information content (AvgIpc) is 3.46. The number of halogens is 2. The molecule has 2 aromatic heterocycles. The van der Waals surface area contributed by atoms with E-state index in [9.17, 15) is 13.5 Å². The van der Waals surface area contributed by atoms with E-state index in [1.807, 2.05) is 21.7 Å². The normalized spacial score (nSPS) is 20.1. The van der Waals surface area contributed by atoms with Crippen LogP contribution in [0.2, 0.25) is 0 Å². The van der Waals surface area contributed by atoms with E-state index in [2.05, 4.69) is 31.2 Å². The van der Waals surface area contributed by atoms with Gasteiger partial charge in [-0.05, 0) is 52.9 Å². The number of benzene rings is 1. The number of nitrogens with zero attached hydrogens (tertiary/aromatic N) is 5. The Hall–Kier alpha value is -1.79. The SMILES string of the molecule is OS1(O)CCN(Cc2cc(F)cnc2Oc2ccc3c(nnn3CC3CC3)c2Br)CC1. The van der Waals surface area contributed by atoms with Crippen LogP contribution in [0.3, 0.4) is 0 Å². The Morgan fingerprint density at radius 2 is 2.00 bits per heavy atom. The molecule has 8 nitrogen and oxygen atoms in total. The molecular formula is C20H23BrFN5O3S. The van der Waals surface area contributed by atoms with Crippen LogP contribution in [0.5, 0.6) is 11.6 Å². The molecule has 1 aliphatic heterocycles. The van der Waals surface area contributed by atoms with Crippen molar-refractivity contribution in [1.82, 2.24) is 24.9 Å². The topological polar surface area (TPSA) is 96.5 Å². The Morgan fingerprint density at radius 1 is 1.23 bits per heavy atom. The lowest BCUT2D eigenvalue weighted by Gasteiger charge is -2.41. The number of hydrogen-bond acceptors (Lipinski definition) is 7. The summed E-state index contributed by atoms with van der Waals surface area (Å²) in [5.74, 6) is 1.73. The van der Waals surface area contributed by atoms with Gasteiger partial charge < -0.3 is 4.74 Å². The number of fused-ring (bicyclic) bond motifs is 1. The third-order valence-electron chi connectivity index (χ3n) is 5.68. The molecule has 0 unspecified atom stereocenters. The number of ether oxygens (including phenoxy) is 1. The molecule has 2 fully saturated rings. The summed E-state index contributed by atoms with van der Waals surface area (Å²) in [6, 6.07) is 5.17. The summed E-state index contributed by atoms with van der Waals surface area (Å²) in [6.07, 6.45) is 3.60. The minimum atomic E-state index is -2.49. The van der Waals surface area contributed by atoms with Gasteiger partial charge >= 0.3 is 0 Å². The third kappa shape index (κ3) is 4.70. The summed E-state index contributed by atoms with van der Waals surface area (Å²) in [5.41, 5.74) is 2.25. The predicted octanol–water partition coefficient (Wildman–Crippen LogP) is 4.50. The van der Waals surface area contributed by atoms with Gasteiger partial charge in [0.2, 0.25) is 5.88 Å². The zero-order valence-corrected chi connectivity index (χ0v) is 19.1. The Labute approximate surface area is 188 Å². The highest BCUT2D eigenvalue weighted by Gasteiger charge is 2.25. The van der Waals surface area contributed by atoms with Crippen LogP contribution in [0.25, 0.3) is 11.0 Å². The first kappa shape index (κ1) is 21.1. The van der Waals surface area contributed by atoms with Crippen LogP contribution in [0, 0.1) is 11.7 Å². The molecule has 3 aromatic rings. The minimum Gasteiger partial charge on any atom is -0.437 e. The van der Waals surface area contributed by atoms with E-state index >= 15 is 0 Å². The molecule has 11 heteroatoms. The highest BCUT2D eigenvalue weighted by molar-refractivity contribution is 9.10. The van der Waals surface area contributed by atoms with Crippen LogP contribution >= 0.6 is 26.5 Å². The van der Waals surface area contributed by atoms with E-state index < -0.39 is 16.4 Å². The Morgan fingerprint density at radius 3 is 2.74 bits per heavy atom. The molecular weight excluding hydrogens is 489 g/mol. The summed E-state index contributed by atoms with van der Waals surface area (Å²) in [4.78, 5) is 6.21. The van der Waals surface area contributed by atoms with Gasteiger partial charge in [-0.1, -0.05) is 5.21 Å². The number of aromatic nitrogens is 4. The van der Waals surface area contributed by atoms with Gasteiger partial charge in [-0.25, -0.2) is 14.1 Å². The van der Waals surface area contributed by atoms with Crippen LogP contribution in [-0.2, 0) is 13.1 Å². The summed E-state index contributed by atoms with van der Waals surface area (Å²) < 4.78 is 42.2. The van der Waals surface area contributed by atoms with Gasteiger partial charge in [-0.2, -0.15) is 10.6 Å². The van der Waals surface area contributed by atoms with Crippen molar-refractivity contribution in [2.24, 2.45) is 5.92 Å². The van der Waals surface area contributed by atoms with E-state index in [1.54, 1.807) is 0 Å². The molecule has 1 saturated carbocycles. The number of hydrogen-bond donors (Lipinski definition) is 2. The van der Waals surface area contributed by atoms with Gasteiger partial charge in [0.15, 0.2) is 0 Å². The molecule has 2 N–H and O–H groups in total. The van der Waals surface area contributed by atoms with Crippen LogP contribution in [-0.4, -0.2) is 58.6 Å². The molecule has 0 atom stereocenters. The second kappa shape index (κ2) is 8.28.